The van der Waals surface area contributed by atoms with E-state index in [0.717, 1.165) is 8.87 Å². The molecular weight excluding hydrogens is 343 g/mol. The van der Waals surface area contributed by atoms with Crippen LogP contribution in [-0.4, -0.2) is 24.8 Å². The standard InChI is InChI=1S/C6H5.2C4H9.C2H4O2.Sn/c1-2-4-6-5-3-1;2*1-3-4-2;1-2(3)4;/h1-5H;2*1,3-4H2,2H3;1H3,(H,3,4);/q;;;;+1/p-1. The molecule has 0 unspecified atom stereocenters. The van der Waals surface area contributed by atoms with Crippen LogP contribution in [-0.2, 0) is 7.87 Å². The van der Waals surface area contributed by atoms with Gasteiger partial charge in [0.2, 0.25) is 0 Å². The molecule has 106 valence electrons. The summed E-state index contributed by atoms with van der Waals surface area (Å²) < 4.78 is 9.58. The first kappa shape index (κ1) is 16.5. The van der Waals surface area contributed by atoms with E-state index in [-0.39, 0.29) is 5.97 Å². The summed E-state index contributed by atoms with van der Waals surface area (Å²) in [5.74, 6) is -0.0909. The fourth-order valence-electron chi connectivity index (χ4n) is 2.52. The van der Waals surface area contributed by atoms with Crippen molar-refractivity contribution >= 4 is 28.3 Å². The fraction of sp³-hybridized carbons (Fsp3) is 0.562. The van der Waals surface area contributed by atoms with Crippen LogP contribution in [0.1, 0.15) is 46.5 Å². The van der Waals surface area contributed by atoms with Crippen LogP contribution < -0.4 is 3.58 Å². The summed E-state index contributed by atoms with van der Waals surface area (Å²) in [5.41, 5.74) is 0. The number of hydrogen-bond acceptors (Lipinski definition) is 2. The minimum absolute atomic E-state index is 0.0909. The number of unbranched alkanes of at least 4 members (excludes halogenated alkanes) is 2. The molecule has 0 aliphatic carbocycles. The monoisotopic (exact) mass is 370 g/mol. The van der Waals surface area contributed by atoms with Gasteiger partial charge >= 0.3 is 122 Å². The van der Waals surface area contributed by atoms with E-state index in [4.69, 9.17) is 3.07 Å². The van der Waals surface area contributed by atoms with Gasteiger partial charge < -0.3 is 0 Å². The Morgan fingerprint density at radius 2 is 1.58 bits per heavy atom. The van der Waals surface area contributed by atoms with E-state index >= 15 is 0 Å². The van der Waals surface area contributed by atoms with Gasteiger partial charge in [0.15, 0.2) is 0 Å². The average molecular weight is 369 g/mol. The molecule has 0 saturated carbocycles. The molecule has 1 aromatic carbocycles. The Morgan fingerprint density at radius 1 is 1.05 bits per heavy atom. The van der Waals surface area contributed by atoms with Crippen molar-refractivity contribution in [2.45, 2.75) is 55.3 Å². The molecule has 19 heavy (non-hydrogen) atoms. The Hall–Kier alpha value is -0.511. The molecule has 0 aromatic heterocycles. The van der Waals surface area contributed by atoms with Crippen LogP contribution in [0.3, 0.4) is 0 Å². The Bertz CT molecular complexity index is 368. The van der Waals surface area contributed by atoms with Gasteiger partial charge in [0.25, 0.3) is 0 Å². The average Bonchev–Trinajstić information content (AvgIpc) is 2.42. The molecule has 0 saturated heterocycles. The van der Waals surface area contributed by atoms with Crippen molar-refractivity contribution in [3.05, 3.63) is 30.3 Å². The topological polar surface area (TPSA) is 26.3 Å². The molecule has 0 radical (unpaired) electrons. The third-order valence-electron chi connectivity index (χ3n) is 3.51. The van der Waals surface area contributed by atoms with Crippen LogP contribution in [0.25, 0.3) is 0 Å². The van der Waals surface area contributed by atoms with Crippen molar-refractivity contribution in [3.8, 4) is 0 Å². The number of rotatable bonds is 8. The summed E-state index contributed by atoms with van der Waals surface area (Å²) in [6.07, 6.45) is 4.67. The fourth-order valence-corrected chi connectivity index (χ4v) is 14.9. The summed E-state index contributed by atoms with van der Waals surface area (Å²) in [6, 6.07) is 10.5. The molecule has 0 fully saturated rings. The quantitative estimate of drug-likeness (QED) is 0.648. The molecule has 0 N–H and O–H groups in total. The zero-order valence-corrected chi connectivity index (χ0v) is 15.3. The van der Waals surface area contributed by atoms with E-state index < -0.39 is 18.8 Å². The minimum atomic E-state index is -2.99. The van der Waals surface area contributed by atoms with Gasteiger partial charge in [-0.05, 0) is 0 Å². The van der Waals surface area contributed by atoms with Gasteiger partial charge in [-0.1, -0.05) is 0 Å². The molecule has 0 aliphatic heterocycles. The number of carbonyl (C=O) groups excluding carboxylic acids is 1. The first-order valence-electron chi connectivity index (χ1n) is 7.39. The van der Waals surface area contributed by atoms with Gasteiger partial charge in [-0.2, -0.15) is 0 Å². The van der Waals surface area contributed by atoms with Crippen molar-refractivity contribution in [2.75, 3.05) is 0 Å². The molecule has 0 atom stereocenters. The van der Waals surface area contributed by atoms with Crippen LogP contribution >= 0.6 is 0 Å². The van der Waals surface area contributed by atoms with E-state index in [1.54, 1.807) is 6.92 Å². The third-order valence-corrected chi connectivity index (χ3v) is 16.0. The molecule has 0 spiro atoms. The van der Waals surface area contributed by atoms with Gasteiger partial charge in [0, 0.05) is 0 Å². The van der Waals surface area contributed by atoms with E-state index in [9.17, 15) is 4.79 Å². The molecular formula is C16H26O2Sn. The van der Waals surface area contributed by atoms with Crippen LogP contribution in [0.15, 0.2) is 30.3 Å². The first-order chi connectivity index (χ1) is 9.14. The summed E-state index contributed by atoms with van der Waals surface area (Å²) >= 11 is -2.99. The zero-order chi connectivity index (χ0) is 14.1. The normalized spacial score (nSPS) is 11.3. The second-order valence-electron chi connectivity index (χ2n) is 5.16. The van der Waals surface area contributed by atoms with Crippen LogP contribution in [0, 0.1) is 0 Å². The van der Waals surface area contributed by atoms with E-state index in [0.29, 0.717) is 0 Å². The summed E-state index contributed by atoms with van der Waals surface area (Å²) in [5, 5.41) is 0. The Labute approximate surface area is 122 Å². The molecule has 1 aromatic rings. The van der Waals surface area contributed by atoms with Crippen molar-refractivity contribution in [1.29, 1.82) is 0 Å². The van der Waals surface area contributed by atoms with Crippen molar-refractivity contribution < 1.29 is 7.87 Å². The SMILES string of the molecule is CCC[CH2][Sn]([CH2]CCC)([O]C(C)=O)[c]1ccccc1. The molecule has 0 aliphatic rings. The van der Waals surface area contributed by atoms with Gasteiger partial charge in [-0.15, -0.1) is 0 Å². The summed E-state index contributed by atoms with van der Waals surface area (Å²) in [6.45, 7) is 5.97. The van der Waals surface area contributed by atoms with Gasteiger partial charge in [0.1, 0.15) is 0 Å². The van der Waals surface area contributed by atoms with Crippen molar-refractivity contribution in [3.63, 3.8) is 0 Å². The van der Waals surface area contributed by atoms with E-state index in [2.05, 4.69) is 38.1 Å². The molecule has 3 heteroatoms. The van der Waals surface area contributed by atoms with Gasteiger partial charge in [0.05, 0.1) is 0 Å². The van der Waals surface area contributed by atoms with Crippen LogP contribution in [0.5, 0.6) is 0 Å². The first-order valence-corrected chi connectivity index (χ1v) is 14.0. The van der Waals surface area contributed by atoms with Crippen molar-refractivity contribution in [1.82, 2.24) is 0 Å². The number of carbonyl (C=O) groups is 1. The second-order valence-corrected chi connectivity index (χ2v) is 15.9. The van der Waals surface area contributed by atoms with Gasteiger partial charge in [-0.3, -0.25) is 0 Å². The Morgan fingerprint density at radius 3 is 2.00 bits per heavy atom. The molecule has 0 bridgehead atoms. The molecule has 2 nitrogen and oxygen atoms in total. The maximum absolute atomic E-state index is 11.6. The number of benzene rings is 1. The van der Waals surface area contributed by atoms with E-state index in [1.807, 2.05) is 6.07 Å². The maximum atomic E-state index is 11.6. The van der Waals surface area contributed by atoms with Crippen LogP contribution in [0.2, 0.25) is 8.87 Å². The Kier molecular flexibility index (Phi) is 7.50. The van der Waals surface area contributed by atoms with Gasteiger partial charge in [-0.25, -0.2) is 0 Å². The number of hydrogen-bond donors (Lipinski definition) is 0. The predicted molar refractivity (Wildman–Crippen MR) is 83.0 cm³/mol. The summed E-state index contributed by atoms with van der Waals surface area (Å²) in [4.78, 5) is 11.6. The van der Waals surface area contributed by atoms with E-state index in [1.165, 1.54) is 29.3 Å². The third kappa shape index (κ3) is 5.17. The summed E-state index contributed by atoms with van der Waals surface area (Å²) in [7, 11) is 0. The molecule has 1 rings (SSSR count). The molecule has 0 heterocycles. The Balaban J connectivity index is 3.04. The second kappa shape index (κ2) is 8.62. The van der Waals surface area contributed by atoms with Crippen molar-refractivity contribution in [2.24, 2.45) is 0 Å². The van der Waals surface area contributed by atoms with Crippen LogP contribution in [0.4, 0.5) is 0 Å². The molecule has 0 amide bonds. The zero-order valence-electron chi connectivity index (χ0n) is 12.4. The predicted octanol–water partition coefficient (Wildman–Crippen LogP) is 4.00.